The Bertz CT molecular complexity index is 1500. The summed E-state index contributed by atoms with van der Waals surface area (Å²) < 4.78 is 17.0. The molecule has 0 aromatic heterocycles. The first-order valence-corrected chi connectivity index (χ1v) is 34.1. The number of hydrogen-bond acceptors (Lipinski definition) is 6. The maximum atomic E-state index is 12.9. The molecule has 0 aliphatic heterocycles. The highest BCUT2D eigenvalue weighted by molar-refractivity contribution is 5.71. The lowest BCUT2D eigenvalue weighted by atomic mass is 10.0. The van der Waals surface area contributed by atoms with Crippen molar-refractivity contribution in [2.24, 2.45) is 0 Å². The van der Waals surface area contributed by atoms with Crippen molar-refractivity contribution in [1.29, 1.82) is 0 Å². The topological polar surface area (TPSA) is 78.9 Å². The molecule has 0 heterocycles. The van der Waals surface area contributed by atoms with Crippen LogP contribution >= 0.6 is 0 Å². The number of unbranched alkanes of at least 4 members (excludes halogenated alkanes) is 37. The van der Waals surface area contributed by atoms with Crippen molar-refractivity contribution in [2.45, 2.75) is 348 Å². The van der Waals surface area contributed by atoms with E-state index in [2.05, 4.69) is 106 Å². The molecule has 0 fully saturated rings. The van der Waals surface area contributed by atoms with Crippen LogP contribution < -0.4 is 0 Å². The van der Waals surface area contributed by atoms with Crippen molar-refractivity contribution < 1.29 is 28.6 Å². The Morgan fingerprint density at radius 3 is 0.835 bits per heavy atom. The Morgan fingerprint density at radius 1 is 0.266 bits per heavy atom. The summed E-state index contributed by atoms with van der Waals surface area (Å²) in [5.41, 5.74) is 0. The maximum absolute atomic E-state index is 12.9. The van der Waals surface area contributed by atoms with E-state index in [0.717, 1.165) is 109 Å². The Balaban J connectivity index is 4.29. The van der Waals surface area contributed by atoms with Crippen LogP contribution in [0.5, 0.6) is 0 Å². The quantitative estimate of drug-likeness (QED) is 0.0261. The van der Waals surface area contributed by atoms with Crippen molar-refractivity contribution in [3.63, 3.8) is 0 Å². The lowest BCUT2D eigenvalue weighted by Crippen LogP contribution is -2.30. The van der Waals surface area contributed by atoms with Gasteiger partial charge in [0.15, 0.2) is 6.10 Å². The van der Waals surface area contributed by atoms with Gasteiger partial charge in [-0.1, -0.05) is 298 Å². The fraction of sp³-hybridized carbons (Fsp3) is 0.767. The van der Waals surface area contributed by atoms with Crippen LogP contribution in [-0.4, -0.2) is 37.2 Å². The summed E-state index contributed by atoms with van der Waals surface area (Å²) in [6.07, 6.45) is 88.9. The summed E-state index contributed by atoms with van der Waals surface area (Å²) in [5.74, 6) is -0.882. The fourth-order valence-corrected chi connectivity index (χ4v) is 9.76. The fourth-order valence-electron chi connectivity index (χ4n) is 9.76. The van der Waals surface area contributed by atoms with Crippen LogP contribution in [0.3, 0.4) is 0 Å². The molecule has 456 valence electrons. The third-order valence-electron chi connectivity index (χ3n) is 14.8. The molecular weight excluding hydrogens is 973 g/mol. The van der Waals surface area contributed by atoms with E-state index in [1.165, 1.54) is 193 Å². The largest absolute Gasteiger partial charge is 0.462 e. The van der Waals surface area contributed by atoms with E-state index in [4.69, 9.17) is 14.2 Å². The number of rotatable bonds is 62. The van der Waals surface area contributed by atoms with Crippen molar-refractivity contribution in [3.05, 3.63) is 85.1 Å². The average molecular weight is 1100 g/mol. The highest BCUT2D eigenvalue weighted by Crippen LogP contribution is 2.17. The Kier molecular flexibility index (Phi) is 64.2. The van der Waals surface area contributed by atoms with Crippen molar-refractivity contribution >= 4 is 17.9 Å². The Hall–Kier alpha value is -3.41. The van der Waals surface area contributed by atoms with E-state index in [1.807, 2.05) is 0 Å². The van der Waals surface area contributed by atoms with Crippen molar-refractivity contribution in [2.75, 3.05) is 13.2 Å². The van der Waals surface area contributed by atoms with Crippen LogP contribution in [0.15, 0.2) is 85.1 Å². The van der Waals surface area contributed by atoms with Gasteiger partial charge in [-0.05, 0) is 109 Å². The number of hydrogen-bond donors (Lipinski definition) is 0. The summed E-state index contributed by atoms with van der Waals surface area (Å²) in [5, 5.41) is 0. The lowest BCUT2D eigenvalue weighted by Gasteiger charge is -2.18. The smallest absolute Gasteiger partial charge is 0.306 e. The van der Waals surface area contributed by atoms with Crippen molar-refractivity contribution in [1.82, 2.24) is 0 Å². The van der Waals surface area contributed by atoms with Gasteiger partial charge < -0.3 is 14.2 Å². The van der Waals surface area contributed by atoms with Gasteiger partial charge in [-0.3, -0.25) is 14.4 Å². The zero-order valence-electron chi connectivity index (χ0n) is 52.4. The second-order valence-electron chi connectivity index (χ2n) is 22.7. The van der Waals surface area contributed by atoms with E-state index < -0.39 is 6.10 Å². The van der Waals surface area contributed by atoms with Gasteiger partial charge in [-0.2, -0.15) is 0 Å². The molecule has 1 unspecified atom stereocenters. The zero-order valence-corrected chi connectivity index (χ0v) is 52.4. The first-order valence-electron chi connectivity index (χ1n) is 34.1. The van der Waals surface area contributed by atoms with Crippen LogP contribution in [0.4, 0.5) is 0 Å². The van der Waals surface area contributed by atoms with Gasteiger partial charge in [0.05, 0.1) is 0 Å². The number of allylic oxidation sites excluding steroid dienone is 14. The molecule has 79 heavy (non-hydrogen) atoms. The molecule has 0 aliphatic carbocycles. The molecule has 0 spiro atoms. The molecule has 0 aliphatic rings. The summed E-state index contributed by atoms with van der Waals surface area (Å²) in [6, 6.07) is 0. The molecule has 6 nitrogen and oxygen atoms in total. The number of ether oxygens (including phenoxy) is 3. The molecule has 0 saturated heterocycles. The van der Waals surface area contributed by atoms with E-state index >= 15 is 0 Å². The summed E-state index contributed by atoms with van der Waals surface area (Å²) in [4.78, 5) is 38.4. The van der Waals surface area contributed by atoms with Crippen LogP contribution in [-0.2, 0) is 28.6 Å². The van der Waals surface area contributed by atoms with Crippen molar-refractivity contribution in [3.8, 4) is 0 Å². The molecule has 0 aromatic carbocycles. The van der Waals surface area contributed by atoms with Gasteiger partial charge in [-0.15, -0.1) is 0 Å². The molecular formula is C73H128O6. The van der Waals surface area contributed by atoms with E-state index in [1.54, 1.807) is 0 Å². The van der Waals surface area contributed by atoms with Gasteiger partial charge in [0.25, 0.3) is 0 Å². The average Bonchev–Trinajstić information content (AvgIpc) is 3.45. The molecule has 6 heteroatoms. The number of carbonyl (C=O) groups is 3. The minimum Gasteiger partial charge on any atom is -0.462 e. The van der Waals surface area contributed by atoms with Gasteiger partial charge in [0.1, 0.15) is 13.2 Å². The van der Waals surface area contributed by atoms with Gasteiger partial charge in [-0.25, -0.2) is 0 Å². The minimum absolute atomic E-state index is 0.0803. The Morgan fingerprint density at radius 2 is 0.519 bits per heavy atom. The predicted molar refractivity (Wildman–Crippen MR) is 344 cm³/mol. The van der Waals surface area contributed by atoms with E-state index in [0.29, 0.717) is 19.3 Å². The van der Waals surface area contributed by atoms with E-state index in [-0.39, 0.29) is 31.1 Å². The zero-order chi connectivity index (χ0) is 57.1. The maximum Gasteiger partial charge on any atom is 0.306 e. The van der Waals surface area contributed by atoms with Gasteiger partial charge >= 0.3 is 17.9 Å². The standard InChI is InChI=1S/C73H128O6/c1-4-7-10-13-16-19-22-25-27-29-31-33-35-36-38-39-41-43-45-48-51-54-57-60-63-66-72(75)78-69-70(68-77-71(74)65-62-59-56-53-50-47-24-21-18-15-12-9-6-3)79-73(76)67-64-61-58-55-52-49-46-44-42-40-37-34-32-30-28-26-23-20-17-14-11-8-5-2/h7,10,12,15-16,19,21,24-25,27,30-33,70H,4-6,8-9,11,13-14,17-18,20,22-23,26,28-29,34-69H2,1-3H3/b10-7-,15-12-,19-16-,24-21-,27-25-,32-30-,33-31-. The summed E-state index contributed by atoms with van der Waals surface area (Å²) in [7, 11) is 0. The molecule has 0 rings (SSSR count). The van der Waals surface area contributed by atoms with E-state index in [9.17, 15) is 14.4 Å². The van der Waals surface area contributed by atoms with Crippen LogP contribution in [0, 0.1) is 0 Å². The van der Waals surface area contributed by atoms with Gasteiger partial charge in [0.2, 0.25) is 0 Å². The van der Waals surface area contributed by atoms with Gasteiger partial charge in [0, 0.05) is 19.3 Å². The highest BCUT2D eigenvalue weighted by atomic mass is 16.6. The number of esters is 3. The monoisotopic (exact) mass is 1100 g/mol. The van der Waals surface area contributed by atoms with Crippen LogP contribution in [0.25, 0.3) is 0 Å². The first kappa shape index (κ1) is 75.6. The summed E-state index contributed by atoms with van der Waals surface area (Å²) >= 11 is 0. The second kappa shape index (κ2) is 67.1. The normalized spacial score (nSPS) is 12.6. The highest BCUT2D eigenvalue weighted by Gasteiger charge is 2.19. The molecule has 0 radical (unpaired) electrons. The van der Waals surface area contributed by atoms with Crippen LogP contribution in [0.1, 0.15) is 342 Å². The molecule has 0 aromatic rings. The van der Waals surface area contributed by atoms with Crippen LogP contribution in [0.2, 0.25) is 0 Å². The third kappa shape index (κ3) is 65.3. The minimum atomic E-state index is -0.785. The lowest BCUT2D eigenvalue weighted by molar-refractivity contribution is -0.167. The molecule has 0 bridgehead atoms. The number of carbonyl (C=O) groups excluding carboxylic acids is 3. The third-order valence-corrected chi connectivity index (χ3v) is 14.8. The SMILES string of the molecule is CC/C=C\C/C=C\C/C=C\C/C=C\CCCCCCCCCCCCCCC(=O)OCC(COC(=O)CCCCCCC/C=C\C/C=C\CCC)OC(=O)CCCCCCCCCCCCC/C=C\CCCCCCCCCC. The molecule has 0 saturated carbocycles. The molecule has 0 amide bonds. The second-order valence-corrected chi connectivity index (χ2v) is 22.7. The predicted octanol–water partition coefficient (Wildman–Crippen LogP) is 23.4. The summed E-state index contributed by atoms with van der Waals surface area (Å²) in [6.45, 7) is 6.49. The first-order chi connectivity index (χ1) is 39.0. The molecule has 0 N–H and O–H groups in total. The Labute approximate surface area is 490 Å². The molecule has 1 atom stereocenters.